The summed E-state index contributed by atoms with van der Waals surface area (Å²) in [6.45, 7) is 6.00. The molecule has 27 heavy (non-hydrogen) atoms. The van der Waals surface area contributed by atoms with Gasteiger partial charge in [0.1, 0.15) is 5.82 Å². The lowest BCUT2D eigenvalue weighted by atomic mass is 10.1. The van der Waals surface area contributed by atoms with Crippen LogP contribution in [0.3, 0.4) is 0 Å². The van der Waals surface area contributed by atoms with Crippen LogP contribution in [0.1, 0.15) is 22.3 Å². The van der Waals surface area contributed by atoms with Crippen molar-refractivity contribution in [2.24, 2.45) is 0 Å². The van der Waals surface area contributed by atoms with Gasteiger partial charge >= 0.3 is 0 Å². The van der Waals surface area contributed by atoms with E-state index in [4.69, 9.17) is 0 Å². The van der Waals surface area contributed by atoms with Crippen molar-refractivity contribution in [3.63, 3.8) is 0 Å². The van der Waals surface area contributed by atoms with E-state index in [1.54, 1.807) is 23.7 Å². The molecule has 0 atom stereocenters. The summed E-state index contributed by atoms with van der Waals surface area (Å²) in [5, 5.41) is 15.1. The molecule has 140 valence electrons. The van der Waals surface area contributed by atoms with Crippen molar-refractivity contribution in [2.75, 3.05) is 5.75 Å². The van der Waals surface area contributed by atoms with E-state index in [2.05, 4.69) is 26.9 Å². The number of thioether (sulfide) groups is 1. The molecule has 1 heterocycles. The molecule has 0 spiro atoms. The second-order valence-corrected chi connectivity index (χ2v) is 7.25. The first-order valence-corrected chi connectivity index (χ1v) is 9.43. The molecule has 2 aromatic carbocycles. The van der Waals surface area contributed by atoms with Gasteiger partial charge in [-0.2, -0.15) is 4.68 Å². The zero-order valence-electron chi connectivity index (χ0n) is 15.4. The third-order valence-corrected chi connectivity index (χ3v) is 5.00. The number of amides is 1. The van der Waals surface area contributed by atoms with Gasteiger partial charge in [-0.3, -0.25) is 4.79 Å². The highest BCUT2D eigenvalue weighted by molar-refractivity contribution is 7.99. The zero-order chi connectivity index (χ0) is 19.4. The van der Waals surface area contributed by atoms with Crippen LogP contribution in [-0.2, 0) is 11.3 Å². The van der Waals surface area contributed by atoms with Gasteiger partial charge in [0.2, 0.25) is 11.1 Å². The first kappa shape index (κ1) is 19.0. The number of aryl methyl sites for hydroxylation is 3. The van der Waals surface area contributed by atoms with E-state index >= 15 is 0 Å². The van der Waals surface area contributed by atoms with Gasteiger partial charge in [-0.1, -0.05) is 41.6 Å². The highest BCUT2D eigenvalue weighted by Gasteiger charge is 2.13. The van der Waals surface area contributed by atoms with E-state index in [1.165, 1.54) is 17.8 Å². The molecule has 0 saturated carbocycles. The summed E-state index contributed by atoms with van der Waals surface area (Å²) in [4.78, 5) is 12.1. The van der Waals surface area contributed by atoms with Gasteiger partial charge in [-0.15, -0.1) is 5.10 Å². The fourth-order valence-corrected chi connectivity index (χ4v) is 3.30. The van der Waals surface area contributed by atoms with Crippen LogP contribution in [0.5, 0.6) is 0 Å². The molecule has 0 bridgehead atoms. The largest absolute Gasteiger partial charge is 0.351 e. The van der Waals surface area contributed by atoms with E-state index in [1.807, 2.05) is 26.0 Å². The molecular weight excluding hydrogens is 365 g/mol. The summed E-state index contributed by atoms with van der Waals surface area (Å²) in [5.74, 6) is -0.278. The Balaban J connectivity index is 1.59. The number of halogens is 1. The number of carbonyl (C=O) groups is 1. The molecule has 1 N–H and O–H groups in total. The predicted molar refractivity (Wildman–Crippen MR) is 102 cm³/mol. The number of benzene rings is 2. The number of carbonyl (C=O) groups excluding carboxylic acids is 1. The zero-order valence-corrected chi connectivity index (χ0v) is 16.2. The normalized spacial score (nSPS) is 10.8. The summed E-state index contributed by atoms with van der Waals surface area (Å²) in [5.41, 5.74) is 4.39. The topological polar surface area (TPSA) is 72.7 Å². The highest BCUT2D eigenvalue weighted by Crippen LogP contribution is 2.21. The predicted octanol–water partition coefficient (Wildman–Crippen LogP) is 3.14. The molecule has 3 rings (SSSR count). The number of hydrogen-bond donors (Lipinski definition) is 1. The number of tetrazole rings is 1. The van der Waals surface area contributed by atoms with E-state index in [-0.39, 0.29) is 24.0 Å². The van der Waals surface area contributed by atoms with Crippen molar-refractivity contribution in [1.29, 1.82) is 0 Å². The minimum absolute atomic E-state index is 0.166. The van der Waals surface area contributed by atoms with Gasteiger partial charge in [-0.05, 0) is 60.0 Å². The Hall–Kier alpha value is -2.74. The Bertz CT molecular complexity index is 972. The van der Waals surface area contributed by atoms with E-state index in [0.29, 0.717) is 10.7 Å². The summed E-state index contributed by atoms with van der Waals surface area (Å²) < 4.78 is 15.2. The van der Waals surface area contributed by atoms with Gasteiger partial charge < -0.3 is 5.32 Å². The van der Waals surface area contributed by atoms with Crippen LogP contribution >= 0.6 is 11.8 Å². The minimum atomic E-state index is -0.274. The lowest BCUT2D eigenvalue weighted by molar-refractivity contribution is -0.118. The average Bonchev–Trinajstić information content (AvgIpc) is 3.09. The van der Waals surface area contributed by atoms with Gasteiger partial charge in [-0.25, -0.2) is 4.39 Å². The summed E-state index contributed by atoms with van der Waals surface area (Å²) >= 11 is 1.25. The number of nitrogens with zero attached hydrogens (tertiary/aromatic N) is 4. The molecule has 8 heteroatoms. The molecule has 1 aromatic heterocycles. The number of hydrogen-bond acceptors (Lipinski definition) is 5. The van der Waals surface area contributed by atoms with Crippen LogP contribution in [0.15, 0.2) is 41.6 Å². The molecule has 0 saturated heterocycles. The number of aromatic nitrogens is 4. The van der Waals surface area contributed by atoms with Crippen LogP contribution in [-0.4, -0.2) is 31.9 Å². The van der Waals surface area contributed by atoms with Crippen LogP contribution in [0.4, 0.5) is 4.39 Å². The fourth-order valence-electron chi connectivity index (χ4n) is 2.59. The Kier molecular flexibility index (Phi) is 5.85. The molecule has 0 aliphatic carbocycles. The smallest absolute Gasteiger partial charge is 0.230 e. The lowest BCUT2D eigenvalue weighted by Gasteiger charge is -2.09. The molecule has 0 aliphatic rings. The summed E-state index contributed by atoms with van der Waals surface area (Å²) in [6.07, 6.45) is 0. The molecule has 0 radical (unpaired) electrons. The molecule has 6 nitrogen and oxygen atoms in total. The molecule has 0 unspecified atom stereocenters. The molecule has 0 fully saturated rings. The van der Waals surface area contributed by atoms with Crippen molar-refractivity contribution in [2.45, 2.75) is 32.5 Å². The third kappa shape index (κ3) is 4.71. The fraction of sp³-hybridized carbons (Fsp3) is 0.263. The van der Waals surface area contributed by atoms with Crippen molar-refractivity contribution < 1.29 is 9.18 Å². The summed E-state index contributed by atoms with van der Waals surface area (Å²) in [7, 11) is 0. The monoisotopic (exact) mass is 385 g/mol. The molecule has 1 amide bonds. The maximum atomic E-state index is 13.6. The van der Waals surface area contributed by atoms with Gasteiger partial charge in [0.15, 0.2) is 0 Å². The first-order valence-electron chi connectivity index (χ1n) is 8.44. The third-order valence-electron chi connectivity index (χ3n) is 4.08. The first-order chi connectivity index (χ1) is 12.9. The van der Waals surface area contributed by atoms with E-state index in [0.717, 1.165) is 22.4 Å². The van der Waals surface area contributed by atoms with Crippen molar-refractivity contribution in [3.05, 3.63) is 64.5 Å². The quantitative estimate of drug-likeness (QED) is 0.660. The average molecular weight is 385 g/mol. The number of rotatable bonds is 6. The van der Waals surface area contributed by atoms with Crippen molar-refractivity contribution in [3.8, 4) is 5.69 Å². The minimum Gasteiger partial charge on any atom is -0.351 e. The van der Waals surface area contributed by atoms with Crippen LogP contribution in [0.2, 0.25) is 0 Å². The standard InChI is InChI=1S/C19H20FN5OS/c1-12-4-7-17(14(3)8-12)25-19(22-23-24-25)27-11-18(26)21-10-15-6-5-13(2)16(20)9-15/h4-9H,10-11H2,1-3H3,(H,21,26). The van der Waals surface area contributed by atoms with E-state index < -0.39 is 0 Å². The van der Waals surface area contributed by atoms with Gasteiger partial charge in [0.05, 0.1) is 11.4 Å². The van der Waals surface area contributed by atoms with E-state index in [9.17, 15) is 9.18 Å². The maximum absolute atomic E-state index is 13.6. The Morgan fingerprint density at radius 2 is 1.96 bits per heavy atom. The van der Waals surface area contributed by atoms with Crippen LogP contribution < -0.4 is 5.32 Å². The van der Waals surface area contributed by atoms with Gasteiger partial charge in [0, 0.05) is 6.54 Å². The molecule has 0 aliphatic heterocycles. The van der Waals surface area contributed by atoms with Crippen LogP contribution in [0.25, 0.3) is 5.69 Å². The summed E-state index contributed by atoms with van der Waals surface area (Å²) in [6, 6.07) is 10.9. The second-order valence-electron chi connectivity index (χ2n) is 6.31. The Morgan fingerprint density at radius 3 is 2.70 bits per heavy atom. The lowest BCUT2D eigenvalue weighted by Crippen LogP contribution is -2.24. The van der Waals surface area contributed by atoms with Crippen molar-refractivity contribution >= 4 is 17.7 Å². The van der Waals surface area contributed by atoms with Crippen molar-refractivity contribution in [1.82, 2.24) is 25.5 Å². The Morgan fingerprint density at radius 1 is 1.15 bits per heavy atom. The molecule has 3 aromatic rings. The second kappa shape index (κ2) is 8.30. The SMILES string of the molecule is Cc1ccc(-n2nnnc2SCC(=O)NCc2ccc(C)c(F)c2)c(C)c1. The number of nitrogens with one attached hydrogen (secondary N) is 1. The highest BCUT2D eigenvalue weighted by atomic mass is 32.2. The van der Waals surface area contributed by atoms with Crippen LogP contribution in [0, 0.1) is 26.6 Å². The molecular formula is C19H20FN5OS. The maximum Gasteiger partial charge on any atom is 0.230 e. The Labute approximate surface area is 161 Å². The van der Waals surface area contributed by atoms with Gasteiger partial charge in [0.25, 0.3) is 0 Å².